The number of sulfonamides is 1. The van der Waals surface area contributed by atoms with Crippen LogP contribution in [0.2, 0.25) is 0 Å². The number of hydrogen-bond acceptors (Lipinski definition) is 9. The molecule has 4 rings (SSSR count). The van der Waals surface area contributed by atoms with Crippen LogP contribution in [-0.4, -0.2) is 23.7 Å². The summed E-state index contributed by atoms with van der Waals surface area (Å²) in [4.78, 5) is 15.3. The Morgan fingerprint density at radius 3 is 2.24 bits per heavy atom. The molecule has 0 spiro atoms. The molecule has 0 aliphatic rings. The summed E-state index contributed by atoms with van der Waals surface area (Å²) in [5.74, 6) is 0.183. The van der Waals surface area contributed by atoms with Gasteiger partial charge in [0, 0.05) is 11.5 Å². The van der Waals surface area contributed by atoms with Crippen LogP contribution in [0.3, 0.4) is 0 Å². The van der Waals surface area contributed by atoms with Gasteiger partial charge in [-0.1, -0.05) is 24.3 Å². The van der Waals surface area contributed by atoms with Crippen molar-refractivity contribution < 1.29 is 22.7 Å². The third-order valence-electron chi connectivity index (χ3n) is 4.41. The molecule has 1 heterocycles. The van der Waals surface area contributed by atoms with Crippen LogP contribution in [-0.2, 0) is 10.0 Å². The molecule has 0 atom stereocenters. The van der Waals surface area contributed by atoms with Crippen molar-refractivity contribution in [3.8, 4) is 29.1 Å². The van der Waals surface area contributed by atoms with Crippen molar-refractivity contribution in [1.29, 1.82) is 5.26 Å². The van der Waals surface area contributed by atoms with Crippen LogP contribution in [0, 0.1) is 11.3 Å². The van der Waals surface area contributed by atoms with Crippen LogP contribution < -0.4 is 19.9 Å². The molecule has 1 amide bonds. The van der Waals surface area contributed by atoms with E-state index in [1.165, 1.54) is 30.6 Å². The Balaban J connectivity index is 1.63. The van der Waals surface area contributed by atoms with E-state index in [2.05, 4.69) is 14.1 Å². The Bertz CT molecular complexity index is 1500. The third kappa shape index (κ3) is 4.96. The molecular weight excluding hydrogens is 478 g/mol. The van der Waals surface area contributed by atoms with Gasteiger partial charge in [0.1, 0.15) is 23.9 Å². The molecule has 0 unspecified atom stereocenters. The average Bonchev–Trinajstić information content (AvgIpc) is 3.33. The zero-order valence-corrected chi connectivity index (χ0v) is 18.8. The van der Waals surface area contributed by atoms with E-state index < -0.39 is 15.9 Å². The van der Waals surface area contributed by atoms with Gasteiger partial charge in [0.15, 0.2) is 11.5 Å². The minimum absolute atomic E-state index is 0.0209. The van der Waals surface area contributed by atoms with E-state index in [1.807, 2.05) is 6.07 Å². The number of amides is 1. The number of rotatable bonds is 8. The predicted molar refractivity (Wildman–Crippen MR) is 123 cm³/mol. The molecule has 4 aromatic rings. The molecule has 12 heteroatoms. The number of ether oxygens (including phenoxy) is 2. The fraction of sp³-hybridized carbons (Fsp3) is 0. The van der Waals surface area contributed by atoms with Crippen molar-refractivity contribution in [2.24, 2.45) is 5.73 Å². The Morgan fingerprint density at radius 2 is 1.62 bits per heavy atom. The smallest absolute Gasteiger partial charge is 0.263 e. The number of nitriles is 1. The zero-order chi connectivity index (χ0) is 24.1. The van der Waals surface area contributed by atoms with E-state index in [4.69, 9.17) is 15.2 Å². The monoisotopic (exact) mass is 493 g/mol. The second-order valence-corrected chi connectivity index (χ2v) is 9.10. The number of hydrogen-bond donors (Lipinski definition) is 2. The number of nitrogens with two attached hydrogens (primary N) is 1. The van der Waals surface area contributed by atoms with Gasteiger partial charge in [0.25, 0.3) is 15.9 Å². The summed E-state index contributed by atoms with van der Waals surface area (Å²) >= 11 is 0.880. The highest BCUT2D eigenvalue weighted by atomic mass is 32.2. The normalized spacial score (nSPS) is 10.8. The lowest BCUT2D eigenvalue weighted by Gasteiger charge is -2.15. The Morgan fingerprint density at radius 1 is 0.971 bits per heavy atom. The van der Waals surface area contributed by atoms with E-state index in [9.17, 15) is 18.5 Å². The quantitative estimate of drug-likeness (QED) is 0.374. The average molecular weight is 494 g/mol. The second-order valence-electron chi connectivity index (χ2n) is 6.63. The number of para-hydroxylation sites is 3. The number of nitrogens with zero attached hydrogens (tertiary/aromatic N) is 3. The molecule has 0 aliphatic carbocycles. The molecule has 34 heavy (non-hydrogen) atoms. The number of primary amides is 1. The Kier molecular flexibility index (Phi) is 6.39. The molecule has 0 radical (unpaired) electrons. The van der Waals surface area contributed by atoms with Gasteiger partial charge >= 0.3 is 0 Å². The maximum absolute atomic E-state index is 12.6. The van der Waals surface area contributed by atoms with Crippen molar-refractivity contribution in [1.82, 2.24) is 9.36 Å². The summed E-state index contributed by atoms with van der Waals surface area (Å²) < 4.78 is 43.0. The molecule has 0 aliphatic heterocycles. The fourth-order valence-corrected chi connectivity index (χ4v) is 4.55. The predicted octanol–water partition coefficient (Wildman–Crippen LogP) is 3.89. The second kappa shape index (κ2) is 9.57. The minimum atomic E-state index is -3.98. The number of carbonyl (C=O) groups is 1. The van der Waals surface area contributed by atoms with E-state index in [-0.39, 0.29) is 44.2 Å². The van der Waals surface area contributed by atoms with Crippen LogP contribution in [0.5, 0.6) is 23.0 Å². The standard InChI is InChI=1S/C22H15N5O5S2/c23-12-14-11-15(34(29,30)27-22-25-13-26-33-22)9-10-17(14)31-19-7-3-4-8-20(19)32-18-6-2-1-5-16(18)21(24)28/h1-11,13H,(H2,24,28)(H,25,26,27). The highest BCUT2D eigenvalue weighted by Crippen LogP contribution is 2.37. The highest BCUT2D eigenvalue weighted by molar-refractivity contribution is 7.93. The first-order valence-electron chi connectivity index (χ1n) is 9.54. The minimum Gasteiger partial charge on any atom is -0.453 e. The van der Waals surface area contributed by atoms with E-state index in [1.54, 1.807) is 42.5 Å². The summed E-state index contributed by atoms with van der Waals surface area (Å²) in [6, 6.07) is 18.9. The number of anilines is 1. The fourth-order valence-electron chi connectivity index (χ4n) is 2.86. The number of benzene rings is 3. The lowest BCUT2D eigenvalue weighted by Crippen LogP contribution is -2.13. The van der Waals surface area contributed by atoms with Gasteiger partial charge in [-0.2, -0.15) is 9.64 Å². The molecule has 10 nitrogen and oxygen atoms in total. The maximum Gasteiger partial charge on any atom is 0.263 e. The van der Waals surface area contributed by atoms with Gasteiger partial charge in [0.2, 0.25) is 5.13 Å². The number of carbonyl (C=O) groups excluding carboxylic acids is 1. The lowest BCUT2D eigenvalue weighted by molar-refractivity contribution is 0.0998. The van der Waals surface area contributed by atoms with Crippen molar-refractivity contribution >= 4 is 32.6 Å². The van der Waals surface area contributed by atoms with E-state index in [0.717, 1.165) is 11.5 Å². The summed E-state index contributed by atoms with van der Waals surface area (Å²) in [7, 11) is -3.98. The van der Waals surface area contributed by atoms with Crippen molar-refractivity contribution in [3.63, 3.8) is 0 Å². The number of nitrogens with one attached hydrogen (secondary N) is 1. The maximum atomic E-state index is 12.6. The van der Waals surface area contributed by atoms with Crippen LogP contribution in [0.25, 0.3) is 0 Å². The van der Waals surface area contributed by atoms with Crippen LogP contribution in [0.1, 0.15) is 15.9 Å². The van der Waals surface area contributed by atoms with Gasteiger partial charge in [-0.15, -0.1) is 0 Å². The highest BCUT2D eigenvalue weighted by Gasteiger charge is 2.19. The first kappa shape index (κ1) is 22.7. The molecule has 0 saturated heterocycles. The molecule has 0 bridgehead atoms. The van der Waals surface area contributed by atoms with Gasteiger partial charge in [0.05, 0.1) is 16.0 Å². The van der Waals surface area contributed by atoms with Crippen molar-refractivity contribution in [3.05, 3.63) is 84.2 Å². The molecule has 3 N–H and O–H groups in total. The molecule has 3 aromatic carbocycles. The van der Waals surface area contributed by atoms with Crippen LogP contribution in [0.4, 0.5) is 5.13 Å². The van der Waals surface area contributed by atoms with Crippen molar-refractivity contribution in [2.45, 2.75) is 4.90 Å². The Hall–Kier alpha value is -4.47. The van der Waals surface area contributed by atoms with E-state index in [0.29, 0.717) is 0 Å². The molecule has 170 valence electrons. The largest absolute Gasteiger partial charge is 0.453 e. The first-order valence-corrected chi connectivity index (χ1v) is 11.8. The van der Waals surface area contributed by atoms with E-state index >= 15 is 0 Å². The molecule has 1 aromatic heterocycles. The molecule has 0 fully saturated rings. The van der Waals surface area contributed by atoms with Gasteiger partial charge in [-0.25, -0.2) is 13.4 Å². The zero-order valence-electron chi connectivity index (χ0n) is 17.2. The van der Waals surface area contributed by atoms with Gasteiger partial charge < -0.3 is 15.2 Å². The SMILES string of the molecule is N#Cc1cc(S(=O)(=O)Nc2ncns2)ccc1Oc1ccccc1Oc1ccccc1C(N)=O. The van der Waals surface area contributed by atoms with Crippen LogP contribution in [0.15, 0.2) is 78.0 Å². The summed E-state index contributed by atoms with van der Waals surface area (Å²) in [6.45, 7) is 0. The topological polar surface area (TPSA) is 157 Å². The number of aromatic nitrogens is 2. The molecule has 0 saturated carbocycles. The summed E-state index contributed by atoms with van der Waals surface area (Å²) in [6.07, 6.45) is 1.22. The first-order chi connectivity index (χ1) is 16.4. The van der Waals surface area contributed by atoms with Crippen molar-refractivity contribution in [2.75, 3.05) is 4.72 Å². The van der Waals surface area contributed by atoms with Gasteiger partial charge in [-0.3, -0.25) is 9.52 Å². The summed E-state index contributed by atoms with van der Waals surface area (Å²) in [5.41, 5.74) is 5.58. The van der Waals surface area contributed by atoms with Crippen LogP contribution >= 0.6 is 11.5 Å². The summed E-state index contributed by atoms with van der Waals surface area (Å²) in [5, 5.41) is 9.70. The molecular formula is C22H15N5O5S2. The third-order valence-corrected chi connectivity index (χ3v) is 6.45. The lowest BCUT2D eigenvalue weighted by atomic mass is 10.2. The van der Waals surface area contributed by atoms with Gasteiger partial charge in [-0.05, 0) is 42.5 Å². The Labute approximate surface area is 198 Å².